The van der Waals surface area contributed by atoms with Gasteiger partial charge in [-0.1, -0.05) is 18.2 Å². The van der Waals surface area contributed by atoms with Gasteiger partial charge in [0.2, 0.25) is 0 Å². The molecule has 0 saturated carbocycles. The summed E-state index contributed by atoms with van der Waals surface area (Å²) in [6, 6.07) is 14.5. The molecule has 0 spiro atoms. The average Bonchev–Trinajstić information content (AvgIpc) is 2.90. The molecule has 4 rings (SSSR count). The van der Waals surface area contributed by atoms with Gasteiger partial charge in [-0.25, -0.2) is 0 Å². The number of pyridine rings is 1. The maximum atomic E-state index is 13.0. The van der Waals surface area contributed by atoms with Gasteiger partial charge in [-0.15, -0.1) is 0 Å². The molecule has 1 aliphatic heterocycles. The Kier molecular flexibility index (Phi) is 7.97. The topological polar surface area (TPSA) is 83.6 Å². The van der Waals surface area contributed by atoms with Crippen LogP contribution in [0.5, 0.6) is 0 Å². The van der Waals surface area contributed by atoms with Crippen molar-refractivity contribution in [1.82, 2.24) is 15.2 Å². The van der Waals surface area contributed by atoms with Gasteiger partial charge in [0, 0.05) is 43.3 Å². The van der Waals surface area contributed by atoms with Crippen LogP contribution in [0.25, 0.3) is 0 Å². The number of halogens is 3. The lowest BCUT2D eigenvalue weighted by Crippen LogP contribution is -2.43. The summed E-state index contributed by atoms with van der Waals surface area (Å²) in [7, 11) is 0. The predicted octanol–water partition coefficient (Wildman–Crippen LogP) is 4.16. The van der Waals surface area contributed by atoms with Gasteiger partial charge < -0.3 is 15.4 Å². The number of carbonyl (C=O) groups is 2. The highest BCUT2D eigenvalue weighted by molar-refractivity contribution is 6.04. The fourth-order valence-corrected chi connectivity index (χ4v) is 3.97. The van der Waals surface area contributed by atoms with E-state index in [1.807, 2.05) is 0 Å². The molecule has 10 heteroatoms. The monoisotopic (exact) mass is 498 g/mol. The maximum Gasteiger partial charge on any atom is 0.416 e. The van der Waals surface area contributed by atoms with Crippen LogP contribution < -0.4 is 10.6 Å². The summed E-state index contributed by atoms with van der Waals surface area (Å²) in [6.07, 6.45) is -1.41. The highest BCUT2D eigenvalue weighted by Crippen LogP contribution is 2.31. The van der Waals surface area contributed by atoms with Crippen LogP contribution in [0.1, 0.15) is 37.9 Å². The van der Waals surface area contributed by atoms with E-state index in [1.165, 1.54) is 18.3 Å². The van der Waals surface area contributed by atoms with Crippen molar-refractivity contribution in [2.45, 2.75) is 12.2 Å². The van der Waals surface area contributed by atoms with E-state index in [4.69, 9.17) is 4.74 Å². The van der Waals surface area contributed by atoms with Gasteiger partial charge in [0.15, 0.2) is 0 Å². The van der Waals surface area contributed by atoms with E-state index >= 15 is 0 Å². The molecular formula is C26H25F3N4O3. The first-order chi connectivity index (χ1) is 17.3. The summed E-state index contributed by atoms with van der Waals surface area (Å²) in [5.74, 6) is -0.715. The molecule has 1 fully saturated rings. The van der Waals surface area contributed by atoms with Gasteiger partial charge in [-0.3, -0.25) is 19.5 Å². The first-order valence-corrected chi connectivity index (χ1v) is 11.4. The van der Waals surface area contributed by atoms with Crippen molar-refractivity contribution in [2.75, 3.05) is 38.2 Å². The van der Waals surface area contributed by atoms with E-state index in [0.717, 1.165) is 12.1 Å². The lowest BCUT2D eigenvalue weighted by atomic mass is 10.0. The Labute approximate surface area is 206 Å². The van der Waals surface area contributed by atoms with E-state index in [-0.39, 0.29) is 24.4 Å². The number of rotatable bonds is 7. The van der Waals surface area contributed by atoms with Crippen LogP contribution in [0.2, 0.25) is 0 Å². The first-order valence-electron chi connectivity index (χ1n) is 11.4. The molecule has 1 aromatic heterocycles. The number of carbonyl (C=O) groups excluding carboxylic acids is 2. The second-order valence-electron chi connectivity index (χ2n) is 8.27. The van der Waals surface area contributed by atoms with Gasteiger partial charge in [0.05, 0.1) is 30.4 Å². The zero-order valence-electron chi connectivity index (χ0n) is 19.3. The molecule has 3 aromatic rings. The van der Waals surface area contributed by atoms with Crippen LogP contribution in [-0.2, 0) is 10.9 Å². The first kappa shape index (κ1) is 25.3. The van der Waals surface area contributed by atoms with Gasteiger partial charge in [-0.05, 0) is 48.0 Å². The summed E-state index contributed by atoms with van der Waals surface area (Å²) < 4.78 is 44.4. The number of ether oxygens (including phenoxy) is 1. The highest BCUT2D eigenvalue weighted by atomic mass is 19.4. The molecule has 188 valence electrons. The third-order valence-electron chi connectivity index (χ3n) is 5.87. The minimum atomic E-state index is -4.42. The van der Waals surface area contributed by atoms with E-state index in [0.29, 0.717) is 48.7 Å². The largest absolute Gasteiger partial charge is 0.416 e. The zero-order valence-corrected chi connectivity index (χ0v) is 19.3. The number of benzene rings is 2. The molecule has 2 aromatic carbocycles. The Morgan fingerprint density at radius 2 is 1.69 bits per heavy atom. The van der Waals surface area contributed by atoms with Crippen LogP contribution in [0, 0.1) is 0 Å². The van der Waals surface area contributed by atoms with Gasteiger partial charge in [0.25, 0.3) is 11.8 Å². The number of morpholine rings is 1. The zero-order chi connectivity index (χ0) is 25.5. The van der Waals surface area contributed by atoms with E-state index < -0.39 is 11.7 Å². The molecule has 1 atom stereocenters. The third-order valence-corrected chi connectivity index (χ3v) is 5.87. The van der Waals surface area contributed by atoms with Crippen molar-refractivity contribution in [3.8, 4) is 0 Å². The standard InChI is InChI=1S/C26H25F3N4O3/c27-26(28,29)21-8-6-18(7-9-21)23(33-11-13-36-14-12-33)17-31-24(34)19-3-1-5-22(15-19)32-25(35)20-4-2-10-30-16-20/h1-10,15-16,23H,11-14,17H2,(H,31,34)(H,32,35). The highest BCUT2D eigenvalue weighted by Gasteiger charge is 2.31. The van der Waals surface area contributed by atoms with E-state index in [2.05, 4.69) is 20.5 Å². The third kappa shape index (κ3) is 6.46. The minimum Gasteiger partial charge on any atom is -0.379 e. The molecule has 36 heavy (non-hydrogen) atoms. The summed E-state index contributed by atoms with van der Waals surface area (Å²) in [4.78, 5) is 31.3. The number of amides is 2. The maximum absolute atomic E-state index is 13.0. The Bertz CT molecular complexity index is 1180. The summed E-state index contributed by atoms with van der Waals surface area (Å²) >= 11 is 0. The number of hydrogen-bond acceptors (Lipinski definition) is 5. The molecule has 2 amide bonds. The number of aromatic nitrogens is 1. The molecule has 2 N–H and O–H groups in total. The van der Waals surface area contributed by atoms with Crippen molar-refractivity contribution in [2.24, 2.45) is 0 Å². The fourth-order valence-electron chi connectivity index (χ4n) is 3.97. The molecule has 1 unspecified atom stereocenters. The molecule has 7 nitrogen and oxygen atoms in total. The quantitative estimate of drug-likeness (QED) is 0.511. The van der Waals surface area contributed by atoms with E-state index in [1.54, 1.807) is 42.6 Å². The molecule has 1 aliphatic rings. The normalized spacial score (nSPS) is 15.2. The fraction of sp³-hybridized carbons (Fsp3) is 0.269. The number of anilines is 1. The van der Waals surface area contributed by atoms with E-state index in [9.17, 15) is 22.8 Å². The van der Waals surface area contributed by atoms with Crippen molar-refractivity contribution in [3.05, 3.63) is 95.3 Å². The molecule has 0 radical (unpaired) electrons. The number of hydrogen-bond donors (Lipinski definition) is 2. The second kappa shape index (κ2) is 11.3. The minimum absolute atomic E-state index is 0.191. The number of nitrogens with zero attached hydrogens (tertiary/aromatic N) is 2. The molecular weight excluding hydrogens is 473 g/mol. The van der Waals surface area contributed by atoms with Gasteiger partial charge >= 0.3 is 6.18 Å². The molecule has 0 bridgehead atoms. The van der Waals surface area contributed by atoms with Crippen molar-refractivity contribution < 1.29 is 27.5 Å². The predicted molar refractivity (Wildman–Crippen MR) is 128 cm³/mol. The molecule has 2 heterocycles. The van der Waals surface area contributed by atoms with Crippen LogP contribution in [0.15, 0.2) is 73.1 Å². The van der Waals surface area contributed by atoms with Gasteiger partial charge in [-0.2, -0.15) is 13.2 Å². The average molecular weight is 499 g/mol. The summed E-state index contributed by atoms with van der Waals surface area (Å²) in [6.45, 7) is 2.39. The smallest absolute Gasteiger partial charge is 0.379 e. The Balaban J connectivity index is 1.45. The second-order valence-corrected chi connectivity index (χ2v) is 8.27. The lowest BCUT2D eigenvalue weighted by Gasteiger charge is -2.35. The molecule has 1 saturated heterocycles. The Hall–Kier alpha value is -3.76. The van der Waals surface area contributed by atoms with Crippen LogP contribution in [0.4, 0.5) is 18.9 Å². The van der Waals surface area contributed by atoms with Crippen LogP contribution in [0.3, 0.4) is 0 Å². The summed E-state index contributed by atoms with van der Waals surface area (Å²) in [5, 5.41) is 5.63. The van der Waals surface area contributed by atoms with Crippen molar-refractivity contribution >= 4 is 17.5 Å². The lowest BCUT2D eigenvalue weighted by molar-refractivity contribution is -0.137. The van der Waals surface area contributed by atoms with Gasteiger partial charge in [0.1, 0.15) is 0 Å². The Morgan fingerprint density at radius 3 is 2.36 bits per heavy atom. The summed E-state index contributed by atoms with van der Waals surface area (Å²) in [5.41, 5.74) is 1.12. The van der Waals surface area contributed by atoms with Crippen molar-refractivity contribution in [3.63, 3.8) is 0 Å². The van der Waals surface area contributed by atoms with Crippen molar-refractivity contribution in [1.29, 1.82) is 0 Å². The molecule has 0 aliphatic carbocycles. The SMILES string of the molecule is O=C(NCC(c1ccc(C(F)(F)F)cc1)N1CCOCC1)c1cccc(NC(=O)c2cccnc2)c1. The van der Waals surface area contributed by atoms with Crippen LogP contribution in [-0.4, -0.2) is 54.5 Å². The Morgan fingerprint density at radius 1 is 0.972 bits per heavy atom. The van der Waals surface area contributed by atoms with Crippen LogP contribution >= 0.6 is 0 Å². The number of nitrogens with one attached hydrogen (secondary N) is 2. The number of alkyl halides is 3.